The first-order valence-corrected chi connectivity index (χ1v) is 7.79. The molecule has 1 aliphatic carbocycles. The minimum absolute atomic E-state index is 0.213. The largest absolute Gasteiger partial charge is 0.378 e. The molecule has 3 atom stereocenters. The molecular weight excluding hydrogens is 222 g/mol. The number of hydrogen-bond acceptors (Lipinski definition) is 2. The Balaban J connectivity index is 2.22. The van der Waals surface area contributed by atoms with E-state index in [1.54, 1.807) is 0 Å². The Morgan fingerprint density at radius 1 is 1.22 bits per heavy atom. The van der Waals surface area contributed by atoms with E-state index >= 15 is 0 Å². The Labute approximate surface area is 114 Å². The van der Waals surface area contributed by atoms with Gasteiger partial charge in [0.25, 0.3) is 0 Å². The standard InChI is InChI=1S/C16H33NO/c1-6-14-9-7-8-10-15(14)18-12-13(2)11-17-16(3,4)5/h13-15,17H,6-12H2,1-5H3. The second kappa shape index (κ2) is 7.49. The lowest BCUT2D eigenvalue weighted by Gasteiger charge is -2.32. The van der Waals surface area contributed by atoms with Crippen molar-refractivity contribution >= 4 is 0 Å². The molecule has 1 fully saturated rings. The molecule has 0 radical (unpaired) electrons. The van der Waals surface area contributed by atoms with Gasteiger partial charge >= 0.3 is 0 Å². The maximum atomic E-state index is 6.17. The summed E-state index contributed by atoms with van der Waals surface area (Å²) >= 11 is 0. The van der Waals surface area contributed by atoms with Crippen LogP contribution in [0.1, 0.15) is 66.7 Å². The van der Waals surface area contributed by atoms with Crippen molar-refractivity contribution in [3.63, 3.8) is 0 Å². The van der Waals surface area contributed by atoms with Crippen LogP contribution in [0.15, 0.2) is 0 Å². The maximum Gasteiger partial charge on any atom is 0.0603 e. The average Bonchev–Trinajstić information content (AvgIpc) is 2.33. The first kappa shape index (κ1) is 16.0. The summed E-state index contributed by atoms with van der Waals surface area (Å²) in [6.07, 6.45) is 7.21. The summed E-state index contributed by atoms with van der Waals surface area (Å²) in [5, 5.41) is 3.55. The van der Waals surface area contributed by atoms with E-state index in [1.807, 2.05) is 0 Å². The van der Waals surface area contributed by atoms with Gasteiger partial charge in [-0.25, -0.2) is 0 Å². The molecule has 18 heavy (non-hydrogen) atoms. The van der Waals surface area contributed by atoms with E-state index in [0.29, 0.717) is 12.0 Å². The van der Waals surface area contributed by atoms with Gasteiger partial charge in [-0.1, -0.05) is 33.1 Å². The summed E-state index contributed by atoms with van der Waals surface area (Å²) < 4.78 is 6.17. The molecule has 3 unspecified atom stereocenters. The van der Waals surface area contributed by atoms with Crippen LogP contribution in [0.2, 0.25) is 0 Å². The van der Waals surface area contributed by atoms with Crippen molar-refractivity contribution in [3.05, 3.63) is 0 Å². The first-order valence-electron chi connectivity index (χ1n) is 7.79. The minimum atomic E-state index is 0.213. The second-order valence-corrected chi connectivity index (χ2v) is 7.06. The molecule has 0 saturated heterocycles. The smallest absolute Gasteiger partial charge is 0.0603 e. The summed E-state index contributed by atoms with van der Waals surface area (Å²) in [6.45, 7) is 13.2. The Morgan fingerprint density at radius 3 is 2.50 bits per heavy atom. The van der Waals surface area contributed by atoms with Gasteiger partial charge in [-0.05, 0) is 45.4 Å². The van der Waals surface area contributed by atoms with Gasteiger partial charge in [0.15, 0.2) is 0 Å². The zero-order chi connectivity index (χ0) is 13.6. The molecule has 0 amide bonds. The molecule has 0 aromatic heterocycles. The third kappa shape index (κ3) is 6.19. The lowest BCUT2D eigenvalue weighted by atomic mass is 9.85. The number of nitrogens with one attached hydrogen (secondary N) is 1. The molecule has 1 N–H and O–H groups in total. The van der Waals surface area contributed by atoms with Crippen LogP contribution in [-0.4, -0.2) is 24.8 Å². The van der Waals surface area contributed by atoms with Crippen LogP contribution >= 0.6 is 0 Å². The van der Waals surface area contributed by atoms with E-state index < -0.39 is 0 Å². The maximum absolute atomic E-state index is 6.17. The van der Waals surface area contributed by atoms with Crippen LogP contribution in [0.25, 0.3) is 0 Å². The van der Waals surface area contributed by atoms with Crippen LogP contribution in [0.3, 0.4) is 0 Å². The molecular formula is C16H33NO. The van der Waals surface area contributed by atoms with Gasteiger partial charge in [-0.15, -0.1) is 0 Å². The highest BCUT2D eigenvalue weighted by Gasteiger charge is 2.24. The van der Waals surface area contributed by atoms with Gasteiger partial charge < -0.3 is 10.1 Å². The van der Waals surface area contributed by atoms with Gasteiger partial charge in [0.05, 0.1) is 12.7 Å². The van der Waals surface area contributed by atoms with Crippen molar-refractivity contribution in [1.82, 2.24) is 5.32 Å². The molecule has 1 saturated carbocycles. The van der Waals surface area contributed by atoms with Crippen LogP contribution < -0.4 is 5.32 Å². The van der Waals surface area contributed by atoms with E-state index in [1.165, 1.54) is 32.1 Å². The van der Waals surface area contributed by atoms with E-state index in [-0.39, 0.29) is 5.54 Å². The van der Waals surface area contributed by atoms with Gasteiger partial charge in [-0.2, -0.15) is 0 Å². The van der Waals surface area contributed by atoms with Crippen molar-refractivity contribution in [2.45, 2.75) is 78.4 Å². The summed E-state index contributed by atoms with van der Waals surface area (Å²) in [4.78, 5) is 0. The molecule has 0 spiro atoms. The quantitative estimate of drug-likeness (QED) is 0.774. The van der Waals surface area contributed by atoms with Crippen molar-refractivity contribution in [3.8, 4) is 0 Å². The first-order chi connectivity index (χ1) is 8.42. The van der Waals surface area contributed by atoms with Gasteiger partial charge in [0.1, 0.15) is 0 Å². The van der Waals surface area contributed by atoms with Crippen molar-refractivity contribution < 1.29 is 4.74 Å². The summed E-state index contributed by atoms with van der Waals surface area (Å²) in [5.74, 6) is 1.41. The van der Waals surface area contributed by atoms with Gasteiger partial charge in [-0.3, -0.25) is 0 Å². The normalized spacial score (nSPS) is 27.2. The third-order valence-corrected chi connectivity index (χ3v) is 3.94. The van der Waals surface area contributed by atoms with Crippen LogP contribution in [0, 0.1) is 11.8 Å². The van der Waals surface area contributed by atoms with Crippen LogP contribution in [0.5, 0.6) is 0 Å². The molecule has 0 aromatic rings. The predicted molar refractivity (Wildman–Crippen MR) is 78.9 cm³/mol. The molecule has 0 aromatic carbocycles. The van der Waals surface area contributed by atoms with E-state index in [4.69, 9.17) is 4.74 Å². The topological polar surface area (TPSA) is 21.3 Å². The predicted octanol–water partition coefficient (Wildman–Crippen LogP) is 4.00. The molecule has 1 aliphatic rings. The fourth-order valence-electron chi connectivity index (χ4n) is 2.69. The van der Waals surface area contributed by atoms with E-state index in [0.717, 1.165) is 19.1 Å². The third-order valence-electron chi connectivity index (χ3n) is 3.94. The zero-order valence-corrected chi connectivity index (χ0v) is 13.1. The van der Waals surface area contributed by atoms with Crippen molar-refractivity contribution in [1.29, 1.82) is 0 Å². The molecule has 2 heteroatoms. The lowest BCUT2D eigenvalue weighted by Crippen LogP contribution is -2.40. The molecule has 0 aliphatic heterocycles. The highest BCUT2D eigenvalue weighted by Crippen LogP contribution is 2.29. The molecule has 0 heterocycles. The molecule has 2 nitrogen and oxygen atoms in total. The number of hydrogen-bond donors (Lipinski definition) is 1. The minimum Gasteiger partial charge on any atom is -0.378 e. The molecule has 0 bridgehead atoms. The Hall–Kier alpha value is -0.0800. The average molecular weight is 255 g/mol. The number of ether oxygens (including phenoxy) is 1. The monoisotopic (exact) mass is 255 g/mol. The lowest BCUT2D eigenvalue weighted by molar-refractivity contribution is -0.0260. The Morgan fingerprint density at radius 2 is 1.89 bits per heavy atom. The highest BCUT2D eigenvalue weighted by molar-refractivity contribution is 4.76. The van der Waals surface area contributed by atoms with Gasteiger partial charge in [0, 0.05) is 12.1 Å². The van der Waals surface area contributed by atoms with Crippen LogP contribution in [-0.2, 0) is 4.74 Å². The fourth-order valence-corrected chi connectivity index (χ4v) is 2.69. The highest BCUT2D eigenvalue weighted by atomic mass is 16.5. The molecule has 108 valence electrons. The summed E-state index contributed by atoms with van der Waals surface area (Å²) in [5.41, 5.74) is 0.213. The van der Waals surface area contributed by atoms with Gasteiger partial charge in [0.2, 0.25) is 0 Å². The number of rotatable bonds is 6. The molecule has 1 rings (SSSR count). The summed E-state index contributed by atoms with van der Waals surface area (Å²) in [6, 6.07) is 0. The Bertz CT molecular complexity index is 222. The SMILES string of the molecule is CCC1CCCCC1OCC(C)CNC(C)(C)C. The van der Waals surface area contributed by atoms with E-state index in [9.17, 15) is 0 Å². The fraction of sp³-hybridized carbons (Fsp3) is 1.00. The van der Waals surface area contributed by atoms with Crippen molar-refractivity contribution in [2.75, 3.05) is 13.2 Å². The van der Waals surface area contributed by atoms with Crippen molar-refractivity contribution in [2.24, 2.45) is 11.8 Å². The second-order valence-electron chi connectivity index (χ2n) is 7.06. The van der Waals surface area contributed by atoms with E-state index in [2.05, 4.69) is 39.9 Å². The summed E-state index contributed by atoms with van der Waals surface area (Å²) in [7, 11) is 0. The van der Waals surface area contributed by atoms with Crippen LogP contribution in [0.4, 0.5) is 0 Å². The Kier molecular flexibility index (Phi) is 6.65. The zero-order valence-electron chi connectivity index (χ0n) is 13.1.